The predicted molar refractivity (Wildman–Crippen MR) is 87.2 cm³/mol. The van der Waals surface area contributed by atoms with Crippen molar-refractivity contribution in [1.29, 1.82) is 5.26 Å². The van der Waals surface area contributed by atoms with E-state index in [2.05, 4.69) is 42.0 Å². The zero-order chi connectivity index (χ0) is 15.5. The van der Waals surface area contributed by atoms with Crippen LogP contribution in [-0.2, 0) is 0 Å². The molecule has 0 aromatic heterocycles. The van der Waals surface area contributed by atoms with Crippen LogP contribution in [0.1, 0.15) is 53.4 Å². The Hall–Kier alpha value is -0.630. The minimum absolute atomic E-state index is 0.344. The monoisotopic (exact) mass is 292 g/mol. The number of piperidine rings is 1. The van der Waals surface area contributed by atoms with Crippen molar-refractivity contribution < 1.29 is 0 Å². The number of hydrogen-bond donors (Lipinski definition) is 1. The second-order valence-electron chi connectivity index (χ2n) is 7.48. The number of nitriles is 1. The molecule has 4 heteroatoms. The highest BCUT2D eigenvalue weighted by Crippen LogP contribution is 2.24. The van der Waals surface area contributed by atoms with Crippen molar-refractivity contribution in [3.05, 3.63) is 0 Å². The molecule has 2 saturated heterocycles. The van der Waals surface area contributed by atoms with Gasteiger partial charge in [0.05, 0.1) is 6.07 Å². The van der Waals surface area contributed by atoms with Crippen molar-refractivity contribution in [1.82, 2.24) is 15.1 Å². The second kappa shape index (κ2) is 7.09. The highest BCUT2D eigenvalue weighted by molar-refractivity contribution is 5.06. The van der Waals surface area contributed by atoms with E-state index in [1.165, 1.54) is 38.9 Å². The molecular formula is C17H32N4. The summed E-state index contributed by atoms with van der Waals surface area (Å²) in [5.41, 5.74) is -0.419. The minimum atomic E-state index is -0.419. The zero-order valence-electron chi connectivity index (χ0n) is 14.2. The van der Waals surface area contributed by atoms with E-state index in [0.717, 1.165) is 19.0 Å². The smallest absolute Gasteiger partial charge is 0.105 e. The zero-order valence-corrected chi connectivity index (χ0v) is 14.2. The fourth-order valence-corrected chi connectivity index (χ4v) is 4.07. The molecule has 21 heavy (non-hydrogen) atoms. The van der Waals surface area contributed by atoms with Crippen LogP contribution in [0.4, 0.5) is 0 Å². The van der Waals surface area contributed by atoms with Gasteiger partial charge in [0.15, 0.2) is 0 Å². The Bertz CT molecular complexity index is 375. The third kappa shape index (κ3) is 4.42. The third-order valence-corrected chi connectivity index (χ3v) is 5.05. The molecular weight excluding hydrogens is 260 g/mol. The van der Waals surface area contributed by atoms with Crippen molar-refractivity contribution in [3.63, 3.8) is 0 Å². The lowest BCUT2D eigenvalue weighted by Gasteiger charge is -2.46. The van der Waals surface area contributed by atoms with Crippen LogP contribution < -0.4 is 5.32 Å². The first kappa shape index (κ1) is 16.7. The second-order valence-corrected chi connectivity index (χ2v) is 7.48. The Morgan fingerprint density at radius 1 is 1.24 bits per heavy atom. The summed E-state index contributed by atoms with van der Waals surface area (Å²) in [6, 6.07) is 4.05. The van der Waals surface area contributed by atoms with E-state index in [1.54, 1.807) is 0 Å². The molecule has 0 amide bonds. The summed E-state index contributed by atoms with van der Waals surface area (Å²) in [6.45, 7) is 13.4. The molecule has 2 aliphatic rings. The van der Waals surface area contributed by atoms with Gasteiger partial charge in [-0.05, 0) is 53.5 Å². The predicted octanol–water partition coefficient (Wildman–Crippen LogP) is 2.22. The first-order valence-corrected chi connectivity index (χ1v) is 8.60. The van der Waals surface area contributed by atoms with Crippen LogP contribution >= 0.6 is 0 Å². The normalized spacial score (nSPS) is 28.7. The van der Waals surface area contributed by atoms with Gasteiger partial charge in [0.1, 0.15) is 5.54 Å². The van der Waals surface area contributed by atoms with Gasteiger partial charge >= 0.3 is 0 Å². The molecule has 1 N–H and O–H groups in total. The van der Waals surface area contributed by atoms with Crippen molar-refractivity contribution in [2.45, 2.75) is 77.0 Å². The lowest BCUT2D eigenvalue weighted by atomic mass is 9.92. The van der Waals surface area contributed by atoms with Crippen molar-refractivity contribution >= 4 is 0 Å². The molecule has 0 aromatic carbocycles. The van der Waals surface area contributed by atoms with Crippen molar-refractivity contribution in [2.24, 2.45) is 0 Å². The van der Waals surface area contributed by atoms with Crippen LogP contribution in [0.5, 0.6) is 0 Å². The van der Waals surface area contributed by atoms with Crippen LogP contribution in [0.15, 0.2) is 0 Å². The summed E-state index contributed by atoms with van der Waals surface area (Å²) < 4.78 is 0. The third-order valence-electron chi connectivity index (χ3n) is 5.05. The first-order chi connectivity index (χ1) is 9.93. The van der Waals surface area contributed by atoms with E-state index in [4.69, 9.17) is 0 Å². The topological polar surface area (TPSA) is 42.3 Å². The number of nitrogens with one attached hydrogen (secondary N) is 1. The van der Waals surface area contributed by atoms with Gasteiger partial charge < -0.3 is 0 Å². The van der Waals surface area contributed by atoms with Crippen LogP contribution in [-0.4, -0.2) is 59.6 Å². The standard InChI is InChI=1S/C17H32N4/c1-14(2)19-17(4,13-18)11-15(3)21-10-9-20-8-6-5-7-16(20)12-21/h14-16,19H,5-12H2,1-4H3. The van der Waals surface area contributed by atoms with Gasteiger partial charge in [-0.1, -0.05) is 6.42 Å². The van der Waals surface area contributed by atoms with Crippen LogP contribution in [0.25, 0.3) is 0 Å². The molecule has 2 rings (SSSR count). The van der Waals surface area contributed by atoms with E-state index in [-0.39, 0.29) is 0 Å². The Morgan fingerprint density at radius 2 is 2.00 bits per heavy atom. The molecule has 3 unspecified atom stereocenters. The lowest BCUT2D eigenvalue weighted by molar-refractivity contribution is 0.0252. The Morgan fingerprint density at radius 3 is 2.67 bits per heavy atom. The molecule has 120 valence electrons. The number of fused-ring (bicyclic) bond motifs is 1. The van der Waals surface area contributed by atoms with Crippen LogP contribution in [0.2, 0.25) is 0 Å². The van der Waals surface area contributed by atoms with Crippen molar-refractivity contribution in [2.75, 3.05) is 26.2 Å². The van der Waals surface area contributed by atoms with Crippen LogP contribution in [0.3, 0.4) is 0 Å². The van der Waals surface area contributed by atoms with Gasteiger partial charge in [-0.2, -0.15) is 5.26 Å². The molecule has 2 aliphatic heterocycles. The summed E-state index contributed by atoms with van der Waals surface area (Å²) >= 11 is 0. The number of rotatable bonds is 5. The van der Waals surface area contributed by atoms with Gasteiger partial charge in [0, 0.05) is 37.8 Å². The minimum Gasteiger partial charge on any atom is -0.298 e. The Balaban J connectivity index is 1.91. The molecule has 0 saturated carbocycles. The van der Waals surface area contributed by atoms with E-state index < -0.39 is 5.54 Å². The highest BCUT2D eigenvalue weighted by Gasteiger charge is 2.34. The quantitative estimate of drug-likeness (QED) is 0.843. The van der Waals surface area contributed by atoms with E-state index in [9.17, 15) is 5.26 Å². The molecule has 4 nitrogen and oxygen atoms in total. The van der Waals surface area contributed by atoms with Gasteiger partial charge in [-0.25, -0.2) is 0 Å². The molecule has 2 fully saturated rings. The maximum absolute atomic E-state index is 9.53. The van der Waals surface area contributed by atoms with E-state index >= 15 is 0 Å². The first-order valence-electron chi connectivity index (χ1n) is 8.60. The van der Waals surface area contributed by atoms with Gasteiger partial charge in [0.25, 0.3) is 0 Å². The number of hydrogen-bond acceptors (Lipinski definition) is 4. The average molecular weight is 292 g/mol. The van der Waals surface area contributed by atoms with Gasteiger partial charge in [0.2, 0.25) is 0 Å². The fourth-order valence-electron chi connectivity index (χ4n) is 4.07. The summed E-state index contributed by atoms with van der Waals surface area (Å²) in [4.78, 5) is 5.27. The highest BCUT2D eigenvalue weighted by atomic mass is 15.3. The number of nitrogens with zero attached hydrogens (tertiary/aromatic N) is 3. The summed E-state index contributed by atoms with van der Waals surface area (Å²) in [5.74, 6) is 0. The van der Waals surface area contributed by atoms with E-state index in [0.29, 0.717) is 12.1 Å². The summed E-state index contributed by atoms with van der Waals surface area (Å²) in [5, 5.41) is 13.0. The summed E-state index contributed by atoms with van der Waals surface area (Å²) in [7, 11) is 0. The maximum Gasteiger partial charge on any atom is 0.105 e. The maximum atomic E-state index is 9.53. The lowest BCUT2D eigenvalue weighted by Crippen LogP contribution is -2.58. The van der Waals surface area contributed by atoms with Gasteiger partial charge in [-0.3, -0.25) is 15.1 Å². The largest absolute Gasteiger partial charge is 0.298 e. The van der Waals surface area contributed by atoms with Crippen LogP contribution in [0, 0.1) is 11.3 Å². The molecule has 0 aliphatic carbocycles. The Kier molecular flexibility index (Phi) is 5.65. The molecule has 0 aromatic rings. The average Bonchev–Trinajstić information content (AvgIpc) is 2.45. The molecule has 0 bridgehead atoms. The molecule has 0 radical (unpaired) electrons. The molecule has 2 heterocycles. The van der Waals surface area contributed by atoms with E-state index in [1.807, 2.05) is 6.92 Å². The SMILES string of the molecule is CC(C)NC(C)(C#N)CC(C)N1CCN2CCCCC2C1. The Labute approximate surface area is 130 Å². The molecule has 3 atom stereocenters. The van der Waals surface area contributed by atoms with Crippen molar-refractivity contribution in [3.8, 4) is 6.07 Å². The number of piperazine rings is 1. The van der Waals surface area contributed by atoms with Gasteiger partial charge in [-0.15, -0.1) is 0 Å². The fraction of sp³-hybridized carbons (Fsp3) is 0.941. The molecule has 0 spiro atoms. The summed E-state index contributed by atoms with van der Waals surface area (Å²) in [6.07, 6.45) is 5.00.